The van der Waals surface area contributed by atoms with Crippen LogP contribution in [0.3, 0.4) is 0 Å². The maximum Gasteiger partial charge on any atom is 0.0693 e. The van der Waals surface area contributed by atoms with Gasteiger partial charge in [0.15, 0.2) is 0 Å². The molecule has 0 heterocycles. The van der Waals surface area contributed by atoms with Crippen LogP contribution in [0, 0.1) is 11.8 Å². The van der Waals surface area contributed by atoms with Crippen molar-refractivity contribution in [2.24, 2.45) is 17.6 Å². The van der Waals surface area contributed by atoms with E-state index in [9.17, 15) is 5.11 Å². The fourth-order valence-electron chi connectivity index (χ4n) is 2.73. The van der Waals surface area contributed by atoms with Gasteiger partial charge in [-0.25, -0.2) is 0 Å². The van der Waals surface area contributed by atoms with Gasteiger partial charge in [-0.2, -0.15) is 0 Å². The van der Waals surface area contributed by atoms with Crippen molar-refractivity contribution in [3.63, 3.8) is 0 Å². The Morgan fingerprint density at radius 2 is 1.73 bits per heavy atom. The molecule has 0 aromatic rings. The van der Waals surface area contributed by atoms with E-state index >= 15 is 0 Å². The summed E-state index contributed by atoms with van der Waals surface area (Å²) < 4.78 is 0. The molecular weight excluding hydrogens is 138 g/mol. The van der Waals surface area contributed by atoms with Gasteiger partial charge in [0.05, 0.1) is 6.10 Å². The normalized spacial score (nSPS) is 50.7. The number of hydrogen-bond acceptors (Lipinski definition) is 2. The number of aliphatic hydroxyl groups excluding tert-OH is 1. The molecule has 4 atom stereocenters. The number of aliphatic hydroxyl groups is 1. The summed E-state index contributed by atoms with van der Waals surface area (Å²) in [7, 11) is 0. The minimum Gasteiger partial charge on any atom is -0.392 e. The molecule has 0 saturated heterocycles. The minimum atomic E-state index is -0.214. The average Bonchev–Trinajstić information content (AvgIpc) is 2.36. The van der Waals surface area contributed by atoms with Crippen molar-refractivity contribution in [3.05, 3.63) is 0 Å². The molecule has 0 aliphatic heterocycles. The Balaban J connectivity index is 2.00. The van der Waals surface area contributed by atoms with Crippen LogP contribution in [0.25, 0.3) is 0 Å². The maximum atomic E-state index is 9.50. The maximum absolute atomic E-state index is 9.50. The van der Waals surface area contributed by atoms with E-state index in [1.165, 1.54) is 19.3 Å². The van der Waals surface area contributed by atoms with Crippen LogP contribution < -0.4 is 5.73 Å². The summed E-state index contributed by atoms with van der Waals surface area (Å²) in [5.74, 6) is 1.64. The Morgan fingerprint density at radius 3 is 2.45 bits per heavy atom. The van der Waals surface area contributed by atoms with Gasteiger partial charge in [0.2, 0.25) is 0 Å². The van der Waals surface area contributed by atoms with Gasteiger partial charge in [-0.1, -0.05) is 19.3 Å². The third-order valence-electron chi connectivity index (χ3n) is 3.43. The Labute approximate surface area is 67.8 Å². The fourth-order valence-corrected chi connectivity index (χ4v) is 2.73. The first-order chi connectivity index (χ1) is 5.27. The summed E-state index contributed by atoms with van der Waals surface area (Å²) in [5, 5.41) is 9.50. The molecule has 64 valence electrons. The lowest BCUT2D eigenvalue weighted by Gasteiger charge is -2.33. The van der Waals surface area contributed by atoms with Crippen molar-refractivity contribution < 1.29 is 5.11 Å². The highest BCUT2D eigenvalue weighted by Gasteiger charge is 2.36. The summed E-state index contributed by atoms with van der Waals surface area (Å²) in [5.41, 5.74) is 5.78. The number of rotatable bonds is 0. The van der Waals surface area contributed by atoms with E-state index in [1.54, 1.807) is 0 Å². The number of fused-ring (bicyclic) bond motifs is 1. The lowest BCUT2D eigenvalue weighted by molar-refractivity contribution is 0.0606. The smallest absolute Gasteiger partial charge is 0.0693 e. The molecule has 11 heavy (non-hydrogen) atoms. The molecule has 0 aromatic carbocycles. The third-order valence-corrected chi connectivity index (χ3v) is 3.43. The summed E-state index contributed by atoms with van der Waals surface area (Å²) in [6.07, 6.45) is 5.85. The van der Waals surface area contributed by atoms with E-state index in [4.69, 9.17) is 5.73 Å². The summed E-state index contributed by atoms with van der Waals surface area (Å²) in [4.78, 5) is 0. The molecule has 3 N–H and O–H groups in total. The standard InChI is InChI=1S/C9H17NO/c10-8-4-6-2-1-3-7(6)5-9(8)11/h6-9,11H,1-5,10H2/t6-,7-,8-,9-/m1/s1. The second-order valence-corrected chi connectivity index (χ2v) is 4.15. The van der Waals surface area contributed by atoms with Gasteiger partial charge in [0, 0.05) is 6.04 Å². The van der Waals surface area contributed by atoms with Gasteiger partial charge in [-0.05, 0) is 24.7 Å². The van der Waals surface area contributed by atoms with Crippen molar-refractivity contribution >= 4 is 0 Å². The predicted octanol–water partition coefficient (Wildman–Crippen LogP) is 0.885. The average molecular weight is 155 g/mol. The van der Waals surface area contributed by atoms with E-state index in [0.29, 0.717) is 0 Å². The first-order valence-electron chi connectivity index (χ1n) is 4.71. The van der Waals surface area contributed by atoms with E-state index in [-0.39, 0.29) is 12.1 Å². The molecule has 2 rings (SSSR count). The quantitative estimate of drug-likeness (QED) is 0.545. The molecule has 0 aromatic heterocycles. The molecule has 0 bridgehead atoms. The van der Waals surface area contributed by atoms with Gasteiger partial charge in [0.1, 0.15) is 0 Å². The zero-order valence-corrected chi connectivity index (χ0v) is 6.87. The van der Waals surface area contributed by atoms with Crippen LogP contribution in [0.2, 0.25) is 0 Å². The molecule has 0 amide bonds. The van der Waals surface area contributed by atoms with Crippen LogP contribution in [0.15, 0.2) is 0 Å². The van der Waals surface area contributed by atoms with Crippen molar-refractivity contribution in [2.45, 2.75) is 44.2 Å². The Hall–Kier alpha value is -0.0800. The first-order valence-corrected chi connectivity index (χ1v) is 4.71. The number of hydrogen-bond donors (Lipinski definition) is 2. The van der Waals surface area contributed by atoms with Crippen LogP contribution >= 0.6 is 0 Å². The Bertz CT molecular complexity index is 132. The lowest BCUT2D eigenvalue weighted by atomic mass is 9.78. The third kappa shape index (κ3) is 1.30. The highest BCUT2D eigenvalue weighted by Crippen LogP contribution is 2.41. The first kappa shape index (κ1) is 7.56. The largest absolute Gasteiger partial charge is 0.392 e. The van der Waals surface area contributed by atoms with Gasteiger partial charge >= 0.3 is 0 Å². The molecule has 0 radical (unpaired) electrons. The SMILES string of the molecule is N[C@@H]1C[C@H]2CCC[C@@H]2C[C@H]1O. The lowest BCUT2D eigenvalue weighted by Crippen LogP contribution is -2.42. The molecule has 2 nitrogen and oxygen atoms in total. The van der Waals surface area contributed by atoms with Crippen LogP contribution in [0.5, 0.6) is 0 Å². The topological polar surface area (TPSA) is 46.2 Å². The fraction of sp³-hybridized carbons (Fsp3) is 1.00. The second-order valence-electron chi connectivity index (χ2n) is 4.15. The van der Waals surface area contributed by atoms with Gasteiger partial charge in [-0.15, -0.1) is 0 Å². The van der Waals surface area contributed by atoms with E-state index in [1.807, 2.05) is 0 Å². The van der Waals surface area contributed by atoms with Crippen LogP contribution in [0.1, 0.15) is 32.1 Å². The molecule has 0 unspecified atom stereocenters. The van der Waals surface area contributed by atoms with Gasteiger partial charge < -0.3 is 10.8 Å². The molecule has 2 aliphatic carbocycles. The molecule has 2 aliphatic rings. The molecule has 0 spiro atoms. The molecule has 2 fully saturated rings. The number of nitrogens with two attached hydrogens (primary N) is 1. The van der Waals surface area contributed by atoms with Crippen LogP contribution in [-0.2, 0) is 0 Å². The molecule has 2 heteroatoms. The zero-order valence-electron chi connectivity index (χ0n) is 6.87. The minimum absolute atomic E-state index is 0.0642. The Kier molecular flexibility index (Phi) is 1.90. The van der Waals surface area contributed by atoms with Crippen LogP contribution in [-0.4, -0.2) is 17.3 Å². The van der Waals surface area contributed by atoms with Crippen LogP contribution in [0.4, 0.5) is 0 Å². The van der Waals surface area contributed by atoms with Crippen molar-refractivity contribution in [3.8, 4) is 0 Å². The van der Waals surface area contributed by atoms with E-state index in [0.717, 1.165) is 24.7 Å². The highest BCUT2D eigenvalue weighted by molar-refractivity contribution is 4.90. The second kappa shape index (κ2) is 2.76. The zero-order chi connectivity index (χ0) is 7.84. The predicted molar refractivity (Wildman–Crippen MR) is 44.0 cm³/mol. The molecular formula is C9H17NO. The van der Waals surface area contributed by atoms with Crippen molar-refractivity contribution in [1.29, 1.82) is 0 Å². The molecule has 2 saturated carbocycles. The van der Waals surface area contributed by atoms with Crippen molar-refractivity contribution in [2.75, 3.05) is 0 Å². The summed E-state index contributed by atoms with van der Waals surface area (Å²) in [6.45, 7) is 0. The van der Waals surface area contributed by atoms with Gasteiger partial charge in [0.25, 0.3) is 0 Å². The highest BCUT2D eigenvalue weighted by atomic mass is 16.3. The van der Waals surface area contributed by atoms with Gasteiger partial charge in [-0.3, -0.25) is 0 Å². The monoisotopic (exact) mass is 155 g/mol. The summed E-state index contributed by atoms with van der Waals surface area (Å²) >= 11 is 0. The van der Waals surface area contributed by atoms with E-state index < -0.39 is 0 Å². The summed E-state index contributed by atoms with van der Waals surface area (Å²) in [6, 6.07) is 0.0642. The van der Waals surface area contributed by atoms with Crippen molar-refractivity contribution in [1.82, 2.24) is 0 Å². The Morgan fingerprint density at radius 1 is 1.09 bits per heavy atom. The van der Waals surface area contributed by atoms with E-state index in [2.05, 4.69) is 0 Å².